The zero-order chi connectivity index (χ0) is 18.1. The highest BCUT2D eigenvalue weighted by Crippen LogP contribution is 2.31. The van der Waals surface area contributed by atoms with Gasteiger partial charge in [-0.15, -0.1) is 0 Å². The molecule has 1 aliphatic rings. The Morgan fingerprint density at radius 2 is 1.88 bits per heavy atom. The highest BCUT2D eigenvalue weighted by atomic mass is 35.5. The van der Waals surface area contributed by atoms with Crippen LogP contribution in [-0.4, -0.2) is 18.4 Å². The van der Waals surface area contributed by atoms with Crippen molar-refractivity contribution in [1.29, 1.82) is 0 Å². The molecule has 1 aliphatic heterocycles. The maximum atomic E-state index is 12.5. The number of amides is 2. The fourth-order valence-corrected chi connectivity index (χ4v) is 3.21. The fraction of sp³-hybridized carbons (Fsp3) is 0.222. The van der Waals surface area contributed by atoms with Crippen molar-refractivity contribution in [3.63, 3.8) is 0 Å². The quantitative estimate of drug-likeness (QED) is 0.797. The number of halogens is 3. The number of aryl methyl sites for hydroxylation is 1. The normalized spacial score (nSPS) is 17.0. The largest absolute Gasteiger partial charge is 0.325 e. The van der Waals surface area contributed by atoms with Crippen LogP contribution in [-0.2, 0) is 9.59 Å². The number of nitrogens with one attached hydrogen (secondary N) is 1. The van der Waals surface area contributed by atoms with Crippen LogP contribution in [0.5, 0.6) is 0 Å². The van der Waals surface area contributed by atoms with Crippen LogP contribution in [0.25, 0.3) is 0 Å². The van der Waals surface area contributed by atoms with Crippen LogP contribution in [0.15, 0.2) is 36.4 Å². The minimum Gasteiger partial charge on any atom is -0.325 e. The molecular weight excluding hydrogens is 383 g/mol. The van der Waals surface area contributed by atoms with Crippen molar-refractivity contribution in [3.05, 3.63) is 57.0 Å². The first kappa shape index (κ1) is 18.1. The lowest BCUT2D eigenvalue weighted by atomic mass is 10.1. The molecule has 1 fully saturated rings. The van der Waals surface area contributed by atoms with Gasteiger partial charge in [-0.3, -0.25) is 9.59 Å². The third kappa shape index (κ3) is 3.92. The predicted octanol–water partition coefficient (Wildman–Crippen LogP) is 4.95. The molecule has 7 heteroatoms. The van der Waals surface area contributed by atoms with E-state index in [0.717, 1.165) is 5.56 Å². The van der Waals surface area contributed by atoms with E-state index in [-0.39, 0.29) is 18.2 Å². The molecule has 1 heterocycles. The fourth-order valence-electron chi connectivity index (χ4n) is 2.75. The summed E-state index contributed by atoms with van der Waals surface area (Å²) in [5, 5.41) is 4.19. The molecule has 0 radical (unpaired) electrons. The van der Waals surface area contributed by atoms with Crippen molar-refractivity contribution in [2.75, 3.05) is 16.8 Å². The third-order valence-corrected chi connectivity index (χ3v) is 5.14. The molecule has 0 saturated carbocycles. The minimum atomic E-state index is -0.444. The van der Waals surface area contributed by atoms with Gasteiger partial charge in [0.05, 0.1) is 16.0 Å². The summed E-state index contributed by atoms with van der Waals surface area (Å²) in [6, 6.07) is 10.3. The Kier molecular flexibility index (Phi) is 5.23. The molecule has 0 unspecified atom stereocenters. The van der Waals surface area contributed by atoms with E-state index < -0.39 is 5.92 Å². The predicted molar refractivity (Wildman–Crippen MR) is 102 cm³/mol. The summed E-state index contributed by atoms with van der Waals surface area (Å²) in [4.78, 5) is 26.4. The Morgan fingerprint density at radius 1 is 1.12 bits per heavy atom. The highest BCUT2D eigenvalue weighted by Gasteiger charge is 2.35. The first-order valence-corrected chi connectivity index (χ1v) is 8.81. The Bertz CT molecular complexity index is 854. The van der Waals surface area contributed by atoms with Gasteiger partial charge in [-0.05, 0) is 42.8 Å². The van der Waals surface area contributed by atoms with Gasteiger partial charge in [0.25, 0.3) is 0 Å². The molecule has 25 heavy (non-hydrogen) atoms. The van der Waals surface area contributed by atoms with Gasteiger partial charge < -0.3 is 10.2 Å². The van der Waals surface area contributed by atoms with Crippen LogP contribution >= 0.6 is 34.8 Å². The van der Waals surface area contributed by atoms with E-state index in [1.54, 1.807) is 35.2 Å². The van der Waals surface area contributed by atoms with E-state index in [1.165, 1.54) is 0 Å². The summed E-state index contributed by atoms with van der Waals surface area (Å²) in [7, 11) is 0. The Labute approximate surface area is 160 Å². The van der Waals surface area contributed by atoms with E-state index in [4.69, 9.17) is 34.8 Å². The van der Waals surface area contributed by atoms with Gasteiger partial charge in [0.15, 0.2) is 0 Å². The summed E-state index contributed by atoms with van der Waals surface area (Å²) in [6.07, 6.45) is 0.145. The Balaban J connectivity index is 1.74. The third-order valence-electron chi connectivity index (χ3n) is 4.17. The van der Waals surface area contributed by atoms with E-state index in [0.29, 0.717) is 33.0 Å². The lowest BCUT2D eigenvalue weighted by molar-refractivity contribution is -0.122. The van der Waals surface area contributed by atoms with Crippen molar-refractivity contribution in [3.8, 4) is 0 Å². The number of hydrogen-bond donors (Lipinski definition) is 1. The van der Waals surface area contributed by atoms with Crippen LogP contribution in [0.3, 0.4) is 0 Å². The molecule has 1 N–H and O–H groups in total. The van der Waals surface area contributed by atoms with Gasteiger partial charge in [0.1, 0.15) is 0 Å². The molecule has 1 atom stereocenters. The average Bonchev–Trinajstić information content (AvgIpc) is 2.95. The molecule has 0 aromatic heterocycles. The second-order valence-electron chi connectivity index (χ2n) is 5.95. The van der Waals surface area contributed by atoms with Crippen molar-refractivity contribution in [1.82, 2.24) is 0 Å². The van der Waals surface area contributed by atoms with Gasteiger partial charge in [-0.2, -0.15) is 0 Å². The summed E-state index contributed by atoms with van der Waals surface area (Å²) >= 11 is 17.9. The molecule has 130 valence electrons. The minimum absolute atomic E-state index is 0.124. The van der Waals surface area contributed by atoms with E-state index in [1.807, 2.05) is 13.0 Å². The van der Waals surface area contributed by atoms with Gasteiger partial charge in [-0.1, -0.05) is 40.9 Å². The molecule has 2 aromatic carbocycles. The summed E-state index contributed by atoms with van der Waals surface area (Å²) in [5.41, 5.74) is 2.19. The zero-order valence-corrected chi connectivity index (χ0v) is 15.6. The number of nitrogens with zero attached hydrogens (tertiary/aromatic N) is 1. The molecule has 2 aromatic rings. The molecule has 0 spiro atoms. The summed E-state index contributed by atoms with van der Waals surface area (Å²) in [5.74, 6) is -0.775. The van der Waals surface area contributed by atoms with Crippen LogP contribution in [0.1, 0.15) is 12.0 Å². The molecule has 0 aliphatic carbocycles. The smallest absolute Gasteiger partial charge is 0.229 e. The number of hydrogen-bond acceptors (Lipinski definition) is 2. The topological polar surface area (TPSA) is 49.4 Å². The Hall–Kier alpha value is -1.75. The number of rotatable bonds is 3. The van der Waals surface area contributed by atoms with Gasteiger partial charge in [0, 0.05) is 29.4 Å². The van der Waals surface area contributed by atoms with E-state index in [2.05, 4.69) is 5.32 Å². The first-order chi connectivity index (χ1) is 11.8. The van der Waals surface area contributed by atoms with Crippen LogP contribution in [0.2, 0.25) is 15.1 Å². The van der Waals surface area contributed by atoms with Crippen molar-refractivity contribution in [2.45, 2.75) is 13.3 Å². The molecular formula is C18H15Cl3N2O2. The second-order valence-corrected chi connectivity index (χ2v) is 7.20. The first-order valence-electron chi connectivity index (χ1n) is 7.67. The van der Waals surface area contributed by atoms with Crippen molar-refractivity contribution >= 4 is 58.0 Å². The van der Waals surface area contributed by atoms with Crippen molar-refractivity contribution < 1.29 is 9.59 Å². The SMILES string of the molecule is Cc1ccc(Cl)cc1NC(=O)[C@H]1CC(=O)N(c2ccc(Cl)c(Cl)c2)C1. The lowest BCUT2D eigenvalue weighted by Gasteiger charge is -2.17. The number of carbonyl (C=O) groups is 2. The molecule has 4 nitrogen and oxygen atoms in total. The lowest BCUT2D eigenvalue weighted by Crippen LogP contribution is -2.28. The van der Waals surface area contributed by atoms with Crippen LogP contribution in [0.4, 0.5) is 11.4 Å². The number of anilines is 2. The van der Waals surface area contributed by atoms with Crippen LogP contribution in [0, 0.1) is 12.8 Å². The maximum Gasteiger partial charge on any atom is 0.229 e. The Morgan fingerprint density at radius 3 is 2.60 bits per heavy atom. The number of benzene rings is 2. The molecule has 1 saturated heterocycles. The number of carbonyl (C=O) groups excluding carboxylic acids is 2. The average molecular weight is 398 g/mol. The molecule has 3 rings (SSSR count). The van der Waals surface area contributed by atoms with E-state index in [9.17, 15) is 9.59 Å². The summed E-state index contributed by atoms with van der Waals surface area (Å²) in [6.45, 7) is 2.18. The zero-order valence-electron chi connectivity index (χ0n) is 13.4. The standard InChI is InChI=1S/C18H15Cl3N2O2/c1-10-2-3-12(19)7-16(10)22-18(25)11-6-17(24)23(9-11)13-4-5-14(20)15(21)8-13/h2-5,7-8,11H,6,9H2,1H3,(H,22,25)/t11-/m0/s1. The van der Waals surface area contributed by atoms with Gasteiger partial charge >= 0.3 is 0 Å². The highest BCUT2D eigenvalue weighted by molar-refractivity contribution is 6.42. The summed E-state index contributed by atoms with van der Waals surface area (Å²) < 4.78 is 0. The van der Waals surface area contributed by atoms with Crippen molar-refractivity contribution in [2.24, 2.45) is 5.92 Å². The molecule has 2 amide bonds. The second kappa shape index (κ2) is 7.24. The van der Waals surface area contributed by atoms with Gasteiger partial charge in [0.2, 0.25) is 11.8 Å². The maximum absolute atomic E-state index is 12.5. The monoisotopic (exact) mass is 396 g/mol. The van der Waals surface area contributed by atoms with Crippen LogP contribution < -0.4 is 10.2 Å². The molecule has 0 bridgehead atoms. The van der Waals surface area contributed by atoms with E-state index >= 15 is 0 Å². The van der Waals surface area contributed by atoms with Gasteiger partial charge in [-0.25, -0.2) is 0 Å².